The molecule has 1 aromatic rings. The molecule has 0 unspecified atom stereocenters. The first-order chi connectivity index (χ1) is 9.35. The summed E-state index contributed by atoms with van der Waals surface area (Å²) in [5, 5.41) is 9.01. The van der Waals surface area contributed by atoms with Gasteiger partial charge in [0.25, 0.3) is 0 Å². The Bertz CT molecular complexity index is 483. The van der Waals surface area contributed by atoms with Crippen molar-refractivity contribution in [3.8, 4) is 0 Å². The normalized spacial score (nSPS) is 10.8. The quantitative estimate of drug-likeness (QED) is 0.837. The third kappa shape index (κ3) is 4.61. The van der Waals surface area contributed by atoms with E-state index in [2.05, 4.69) is 11.8 Å². The summed E-state index contributed by atoms with van der Waals surface area (Å²) in [6, 6.07) is 1.71. The van der Waals surface area contributed by atoms with Crippen molar-refractivity contribution in [1.29, 1.82) is 0 Å². The van der Waals surface area contributed by atoms with Crippen LogP contribution >= 0.6 is 11.3 Å². The highest BCUT2D eigenvalue weighted by Gasteiger charge is 2.16. The molecule has 0 radical (unpaired) electrons. The topological polar surface area (TPSA) is 60.9 Å². The highest BCUT2D eigenvalue weighted by atomic mass is 32.1. The first-order valence-electron chi connectivity index (χ1n) is 6.60. The minimum absolute atomic E-state index is 0.0600. The zero-order valence-electron chi connectivity index (χ0n) is 12.5. The molecule has 0 bridgehead atoms. The fourth-order valence-electron chi connectivity index (χ4n) is 1.89. The predicted molar refractivity (Wildman–Crippen MR) is 80.3 cm³/mol. The molecule has 6 heteroatoms. The molecule has 0 atom stereocenters. The maximum atomic E-state index is 11.8. The highest BCUT2D eigenvalue weighted by Crippen LogP contribution is 2.23. The predicted octanol–water partition coefficient (Wildman–Crippen LogP) is 2.05. The molecule has 0 saturated heterocycles. The zero-order valence-corrected chi connectivity index (χ0v) is 13.3. The van der Waals surface area contributed by atoms with Crippen LogP contribution < -0.4 is 0 Å². The third-order valence-corrected chi connectivity index (χ3v) is 4.10. The van der Waals surface area contributed by atoms with Crippen LogP contribution in [0.1, 0.15) is 33.5 Å². The van der Waals surface area contributed by atoms with E-state index in [1.165, 1.54) is 11.3 Å². The lowest BCUT2D eigenvalue weighted by atomic mass is 10.2. The number of likely N-dealkylation sites (N-methyl/N-ethyl adjacent to an activating group) is 1. The summed E-state index contributed by atoms with van der Waals surface area (Å²) in [6.07, 6.45) is 0.954. The number of carbonyl (C=O) groups is 2. The molecule has 112 valence electrons. The van der Waals surface area contributed by atoms with Crippen molar-refractivity contribution in [2.24, 2.45) is 0 Å². The van der Waals surface area contributed by atoms with Gasteiger partial charge >= 0.3 is 5.97 Å². The molecule has 5 nitrogen and oxygen atoms in total. The molecule has 1 amide bonds. The smallest absolute Gasteiger partial charge is 0.345 e. The second-order valence-electron chi connectivity index (χ2n) is 5.00. The molecule has 20 heavy (non-hydrogen) atoms. The summed E-state index contributed by atoms with van der Waals surface area (Å²) in [4.78, 5) is 27.8. The molecule has 0 aliphatic carbocycles. The van der Waals surface area contributed by atoms with Crippen LogP contribution in [0, 0.1) is 6.92 Å². The van der Waals surface area contributed by atoms with Gasteiger partial charge in [-0.1, -0.05) is 6.92 Å². The standard InChI is InChI=1S/C14H22N2O3S/c1-5-6-16(9-13(17)15(3)4)8-11-7-12(14(18)19)20-10(11)2/h7H,5-6,8-9H2,1-4H3,(H,18,19). The second kappa shape index (κ2) is 7.40. The van der Waals surface area contributed by atoms with Crippen LogP contribution in [-0.2, 0) is 11.3 Å². The Morgan fingerprint density at radius 3 is 2.45 bits per heavy atom. The van der Waals surface area contributed by atoms with Gasteiger partial charge in [-0.3, -0.25) is 9.69 Å². The number of carboxylic acid groups (broad SMARTS) is 1. The van der Waals surface area contributed by atoms with E-state index < -0.39 is 5.97 Å². The third-order valence-electron chi connectivity index (χ3n) is 3.02. The maximum absolute atomic E-state index is 11.8. The van der Waals surface area contributed by atoms with Gasteiger partial charge in [0.1, 0.15) is 4.88 Å². The molecule has 0 saturated carbocycles. The van der Waals surface area contributed by atoms with E-state index in [1.54, 1.807) is 25.1 Å². The second-order valence-corrected chi connectivity index (χ2v) is 6.25. The average Bonchev–Trinajstić information content (AvgIpc) is 2.71. The van der Waals surface area contributed by atoms with Gasteiger partial charge in [-0.05, 0) is 31.5 Å². The molecular weight excluding hydrogens is 276 g/mol. The van der Waals surface area contributed by atoms with Gasteiger partial charge in [0.15, 0.2) is 0 Å². The molecule has 0 fully saturated rings. The highest BCUT2D eigenvalue weighted by molar-refractivity contribution is 7.14. The Balaban J connectivity index is 2.79. The summed E-state index contributed by atoms with van der Waals surface area (Å²) in [5.74, 6) is -0.833. The van der Waals surface area contributed by atoms with Crippen molar-refractivity contribution >= 4 is 23.2 Å². The molecule has 1 aromatic heterocycles. The van der Waals surface area contributed by atoms with Gasteiger partial charge in [-0.2, -0.15) is 0 Å². The SMILES string of the molecule is CCCN(CC(=O)N(C)C)Cc1cc(C(=O)O)sc1C. The van der Waals surface area contributed by atoms with Crippen molar-refractivity contribution in [2.45, 2.75) is 26.8 Å². The monoisotopic (exact) mass is 298 g/mol. The Morgan fingerprint density at radius 1 is 1.35 bits per heavy atom. The van der Waals surface area contributed by atoms with Gasteiger partial charge in [-0.15, -0.1) is 11.3 Å². The van der Waals surface area contributed by atoms with E-state index in [4.69, 9.17) is 5.11 Å². The zero-order chi connectivity index (χ0) is 15.3. The lowest BCUT2D eigenvalue weighted by Crippen LogP contribution is -2.36. The summed E-state index contributed by atoms with van der Waals surface area (Å²) in [7, 11) is 3.48. The summed E-state index contributed by atoms with van der Waals surface area (Å²) in [6.45, 7) is 5.78. The van der Waals surface area contributed by atoms with E-state index in [0.29, 0.717) is 18.0 Å². The Labute approximate surface area is 123 Å². The maximum Gasteiger partial charge on any atom is 0.345 e. The van der Waals surface area contributed by atoms with Gasteiger partial charge in [-0.25, -0.2) is 4.79 Å². The Morgan fingerprint density at radius 2 is 2.00 bits per heavy atom. The van der Waals surface area contributed by atoms with E-state index >= 15 is 0 Å². The van der Waals surface area contributed by atoms with Crippen LogP contribution in [0.4, 0.5) is 0 Å². The fraction of sp³-hybridized carbons (Fsp3) is 0.571. The molecule has 0 spiro atoms. The number of thiophene rings is 1. The van der Waals surface area contributed by atoms with E-state index in [-0.39, 0.29) is 5.91 Å². The molecule has 1 heterocycles. The molecule has 0 aromatic carbocycles. The number of nitrogens with zero attached hydrogens (tertiary/aromatic N) is 2. The van der Waals surface area contributed by atoms with E-state index in [0.717, 1.165) is 23.4 Å². The lowest BCUT2D eigenvalue weighted by molar-refractivity contribution is -0.130. The van der Waals surface area contributed by atoms with Gasteiger partial charge in [0, 0.05) is 25.5 Å². The molecule has 0 aliphatic heterocycles. The summed E-state index contributed by atoms with van der Waals surface area (Å²) < 4.78 is 0. The first kappa shape index (κ1) is 16.7. The van der Waals surface area contributed by atoms with Crippen LogP contribution in [0.15, 0.2) is 6.07 Å². The van der Waals surface area contributed by atoms with E-state index in [1.807, 2.05) is 6.92 Å². The van der Waals surface area contributed by atoms with Crippen molar-refractivity contribution in [3.05, 3.63) is 21.4 Å². The van der Waals surface area contributed by atoms with Crippen molar-refractivity contribution < 1.29 is 14.7 Å². The number of hydrogen-bond acceptors (Lipinski definition) is 4. The van der Waals surface area contributed by atoms with Crippen LogP contribution in [0.2, 0.25) is 0 Å². The number of aryl methyl sites for hydroxylation is 1. The molecule has 1 N–H and O–H groups in total. The van der Waals surface area contributed by atoms with Crippen LogP contribution in [0.5, 0.6) is 0 Å². The lowest BCUT2D eigenvalue weighted by Gasteiger charge is -2.22. The molecule has 1 rings (SSSR count). The number of amides is 1. The number of hydrogen-bond donors (Lipinski definition) is 1. The van der Waals surface area contributed by atoms with E-state index in [9.17, 15) is 9.59 Å². The average molecular weight is 298 g/mol. The minimum Gasteiger partial charge on any atom is -0.477 e. The van der Waals surface area contributed by atoms with Crippen molar-refractivity contribution in [3.63, 3.8) is 0 Å². The van der Waals surface area contributed by atoms with Gasteiger partial charge in [0.05, 0.1) is 6.54 Å². The van der Waals surface area contributed by atoms with Crippen LogP contribution in [-0.4, -0.2) is 54.0 Å². The number of carboxylic acids is 1. The van der Waals surface area contributed by atoms with Gasteiger partial charge < -0.3 is 10.0 Å². The first-order valence-corrected chi connectivity index (χ1v) is 7.41. The largest absolute Gasteiger partial charge is 0.477 e. The van der Waals surface area contributed by atoms with Crippen LogP contribution in [0.3, 0.4) is 0 Å². The van der Waals surface area contributed by atoms with Crippen molar-refractivity contribution in [2.75, 3.05) is 27.2 Å². The Hall–Kier alpha value is -1.40. The number of rotatable bonds is 7. The Kier molecular flexibility index (Phi) is 6.16. The van der Waals surface area contributed by atoms with Crippen molar-refractivity contribution in [1.82, 2.24) is 9.80 Å². The summed E-state index contributed by atoms with van der Waals surface area (Å²) in [5.41, 5.74) is 0.993. The number of aromatic carboxylic acids is 1. The number of carbonyl (C=O) groups excluding carboxylic acids is 1. The summed E-state index contributed by atoms with van der Waals surface area (Å²) >= 11 is 1.29. The fourth-order valence-corrected chi connectivity index (χ4v) is 2.76. The minimum atomic E-state index is -0.893. The van der Waals surface area contributed by atoms with Crippen LogP contribution in [0.25, 0.3) is 0 Å². The van der Waals surface area contributed by atoms with Gasteiger partial charge in [0.2, 0.25) is 5.91 Å². The molecule has 0 aliphatic rings. The molecular formula is C14H22N2O3S.